The third-order valence-corrected chi connectivity index (χ3v) is 3.80. The smallest absolute Gasteiger partial charge is 0.330 e. The molecule has 0 aliphatic heterocycles. The number of nitrogens with zero attached hydrogens (tertiary/aromatic N) is 4. The van der Waals surface area contributed by atoms with Gasteiger partial charge in [0.25, 0.3) is 0 Å². The first-order valence-corrected chi connectivity index (χ1v) is 6.90. The topological polar surface area (TPSA) is 69.6 Å². The summed E-state index contributed by atoms with van der Waals surface area (Å²) in [5.74, 6) is 0.573. The van der Waals surface area contributed by atoms with Crippen molar-refractivity contribution in [1.82, 2.24) is 19.7 Å². The van der Waals surface area contributed by atoms with Crippen LogP contribution in [0.5, 0.6) is 0 Å². The zero-order valence-electron chi connectivity index (χ0n) is 10.6. The molecular formula is C12H10F3N5S. The number of benzene rings is 1. The number of rotatable bonds is 3. The van der Waals surface area contributed by atoms with Crippen molar-refractivity contribution in [2.24, 2.45) is 5.73 Å². The van der Waals surface area contributed by atoms with Gasteiger partial charge < -0.3 is 5.73 Å². The second-order valence-electron chi connectivity index (χ2n) is 4.28. The monoisotopic (exact) mass is 313 g/mol. The zero-order valence-corrected chi connectivity index (χ0v) is 11.4. The molecule has 0 saturated heterocycles. The molecular weight excluding hydrogens is 303 g/mol. The van der Waals surface area contributed by atoms with Gasteiger partial charge in [0.15, 0.2) is 0 Å². The molecule has 1 aromatic carbocycles. The minimum absolute atomic E-state index is 0.138. The molecule has 5 nitrogen and oxygen atoms in total. The van der Waals surface area contributed by atoms with Crippen LogP contribution < -0.4 is 5.73 Å². The minimum Gasteiger partial charge on any atom is -0.330 e. The van der Waals surface area contributed by atoms with Crippen LogP contribution in [0, 0.1) is 0 Å². The van der Waals surface area contributed by atoms with Crippen molar-refractivity contribution in [2.45, 2.75) is 12.6 Å². The fraction of sp³-hybridized carbons (Fsp3) is 0.250. The van der Waals surface area contributed by atoms with E-state index in [4.69, 9.17) is 5.73 Å². The molecule has 0 saturated carbocycles. The highest BCUT2D eigenvalue weighted by Gasteiger charge is 2.36. The molecule has 0 spiro atoms. The molecule has 110 valence electrons. The van der Waals surface area contributed by atoms with Gasteiger partial charge >= 0.3 is 6.18 Å². The predicted octanol–water partition coefficient (Wildman–Crippen LogP) is 2.40. The maximum absolute atomic E-state index is 12.7. The quantitative estimate of drug-likeness (QED) is 0.806. The lowest BCUT2D eigenvalue weighted by molar-refractivity contribution is -0.138. The molecule has 0 aliphatic rings. The molecule has 0 fully saturated rings. The Hall–Kier alpha value is -2.00. The number of alkyl halides is 3. The lowest BCUT2D eigenvalue weighted by Gasteiger charge is -2.03. The fourth-order valence-electron chi connectivity index (χ4n) is 2.01. The van der Waals surface area contributed by atoms with E-state index >= 15 is 0 Å². The normalized spacial score (nSPS) is 12.2. The van der Waals surface area contributed by atoms with E-state index in [0.717, 1.165) is 0 Å². The highest BCUT2D eigenvalue weighted by molar-refractivity contribution is 7.13. The van der Waals surface area contributed by atoms with Crippen molar-refractivity contribution in [1.29, 1.82) is 0 Å². The molecule has 2 N–H and O–H groups in total. The van der Waals surface area contributed by atoms with Crippen LogP contribution in [-0.4, -0.2) is 26.3 Å². The number of hydrogen-bond donors (Lipinski definition) is 1. The molecule has 21 heavy (non-hydrogen) atoms. The first-order valence-electron chi connectivity index (χ1n) is 6.08. The molecule has 3 aromatic rings. The van der Waals surface area contributed by atoms with Crippen molar-refractivity contribution >= 4 is 22.4 Å². The fourth-order valence-corrected chi connectivity index (χ4v) is 2.75. The minimum atomic E-state index is -4.50. The highest BCUT2D eigenvalue weighted by Crippen LogP contribution is 2.33. The van der Waals surface area contributed by atoms with Crippen molar-refractivity contribution in [3.05, 3.63) is 35.1 Å². The molecule has 0 bridgehead atoms. The van der Waals surface area contributed by atoms with Gasteiger partial charge in [0, 0.05) is 6.42 Å². The Balaban J connectivity index is 2.18. The van der Waals surface area contributed by atoms with Gasteiger partial charge in [-0.3, -0.25) is 4.57 Å². The predicted molar refractivity (Wildman–Crippen MR) is 72.3 cm³/mol. The zero-order chi connectivity index (χ0) is 15.0. The van der Waals surface area contributed by atoms with E-state index in [1.165, 1.54) is 0 Å². The first-order chi connectivity index (χ1) is 10.0. The van der Waals surface area contributed by atoms with E-state index in [1.807, 2.05) is 6.07 Å². The maximum Gasteiger partial charge on any atom is 0.445 e. The Morgan fingerprint density at radius 1 is 1.19 bits per heavy atom. The SMILES string of the molecule is NCCc1nc2ccccc2n1-c1nnc(C(F)(F)F)s1. The number of fused-ring (bicyclic) bond motifs is 1. The second kappa shape index (κ2) is 5.08. The van der Waals surface area contributed by atoms with Gasteiger partial charge in [-0.25, -0.2) is 4.98 Å². The molecule has 0 aliphatic carbocycles. The van der Waals surface area contributed by atoms with E-state index in [1.54, 1.807) is 22.8 Å². The van der Waals surface area contributed by atoms with E-state index < -0.39 is 11.2 Å². The average Bonchev–Trinajstić information content (AvgIpc) is 3.01. The van der Waals surface area contributed by atoms with Crippen LogP contribution in [0.1, 0.15) is 10.8 Å². The lowest BCUT2D eigenvalue weighted by atomic mass is 10.3. The van der Waals surface area contributed by atoms with Gasteiger partial charge in [-0.2, -0.15) is 13.2 Å². The standard InChI is InChI=1S/C12H10F3N5S/c13-12(14,15)10-18-19-11(21-10)20-8-4-2-1-3-7(8)17-9(20)5-6-16/h1-4H,5-6,16H2. The van der Waals surface area contributed by atoms with Gasteiger partial charge in [-0.15, -0.1) is 10.2 Å². The van der Waals surface area contributed by atoms with E-state index in [0.29, 0.717) is 41.2 Å². The van der Waals surface area contributed by atoms with Gasteiger partial charge in [0.05, 0.1) is 11.0 Å². The molecule has 0 amide bonds. The van der Waals surface area contributed by atoms with Crippen molar-refractivity contribution in [2.75, 3.05) is 6.54 Å². The van der Waals surface area contributed by atoms with Crippen molar-refractivity contribution in [3.8, 4) is 5.13 Å². The van der Waals surface area contributed by atoms with Crippen LogP contribution in [-0.2, 0) is 12.6 Å². The number of aromatic nitrogens is 4. The molecule has 3 rings (SSSR count). The van der Waals surface area contributed by atoms with E-state index in [2.05, 4.69) is 15.2 Å². The Bertz CT molecular complexity index is 777. The van der Waals surface area contributed by atoms with Gasteiger partial charge in [-0.1, -0.05) is 23.5 Å². The summed E-state index contributed by atoms with van der Waals surface area (Å²) >= 11 is 0.487. The van der Waals surface area contributed by atoms with Crippen LogP contribution in [0.15, 0.2) is 24.3 Å². The molecule has 2 heterocycles. The van der Waals surface area contributed by atoms with Crippen LogP contribution in [0.2, 0.25) is 0 Å². The van der Waals surface area contributed by atoms with Crippen molar-refractivity contribution in [3.63, 3.8) is 0 Å². The van der Waals surface area contributed by atoms with E-state index in [-0.39, 0.29) is 5.13 Å². The summed E-state index contributed by atoms with van der Waals surface area (Å²) in [7, 11) is 0. The van der Waals surface area contributed by atoms with Crippen LogP contribution in [0.25, 0.3) is 16.2 Å². The number of imidazole rings is 1. The van der Waals surface area contributed by atoms with Crippen LogP contribution >= 0.6 is 11.3 Å². The Kier molecular flexibility index (Phi) is 3.38. The number of hydrogen-bond acceptors (Lipinski definition) is 5. The Labute approximate surface area is 121 Å². The van der Waals surface area contributed by atoms with Crippen LogP contribution in [0.3, 0.4) is 0 Å². The Morgan fingerprint density at radius 3 is 2.62 bits per heavy atom. The molecule has 2 aromatic heterocycles. The van der Waals surface area contributed by atoms with Gasteiger partial charge in [0.1, 0.15) is 5.82 Å². The molecule has 0 atom stereocenters. The van der Waals surface area contributed by atoms with Gasteiger partial charge in [-0.05, 0) is 18.7 Å². The third-order valence-electron chi connectivity index (χ3n) is 2.85. The number of halogens is 3. The summed E-state index contributed by atoms with van der Waals surface area (Å²) < 4.78 is 39.6. The lowest BCUT2D eigenvalue weighted by Crippen LogP contribution is -2.08. The molecule has 0 radical (unpaired) electrons. The summed E-state index contributed by atoms with van der Waals surface area (Å²) in [6.07, 6.45) is -4.06. The molecule has 9 heteroatoms. The average molecular weight is 313 g/mol. The van der Waals surface area contributed by atoms with Crippen LogP contribution in [0.4, 0.5) is 13.2 Å². The maximum atomic E-state index is 12.7. The second-order valence-corrected chi connectivity index (χ2v) is 5.23. The summed E-state index contributed by atoms with van der Waals surface area (Å²) in [6.45, 7) is 0.342. The van der Waals surface area contributed by atoms with Crippen molar-refractivity contribution < 1.29 is 13.2 Å². The highest BCUT2D eigenvalue weighted by atomic mass is 32.1. The number of nitrogens with two attached hydrogens (primary N) is 1. The largest absolute Gasteiger partial charge is 0.445 e. The number of para-hydroxylation sites is 2. The summed E-state index contributed by atoms with van der Waals surface area (Å²) in [6, 6.07) is 7.17. The summed E-state index contributed by atoms with van der Waals surface area (Å²) in [4.78, 5) is 4.39. The summed E-state index contributed by atoms with van der Waals surface area (Å²) in [5.41, 5.74) is 6.91. The first kappa shape index (κ1) is 14.0. The summed E-state index contributed by atoms with van der Waals surface area (Å²) in [5, 5.41) is 6.02. The third kappa shape index (κ3) is 2.49. The van der Waals surface area contributed by atoms with E-state index in [9.17, 15) is 13.2 Å². The molecule has 0 unspecified atom stereocenters. The Morgan fingerprint density at radius 2 is 1.95 bits per heavy atom. The van der Waals surface area contributed by atoms with Gasteiger partial charge in [0.2, 0.25) is 10.1 Å².